The van der Waals surface area contributed by atoms with E-state index in [1.54, 1.807) is 18.2 Å². The second-order valence-electron chi connectivity index (χ2n) is 5.14. The van der Waals surface area contributed by atoms with E-state index in [9.17, 15) is 9.90 Å². The number of halogens is 1. The van der Waals surface area contributed by atoms with Crippen LogP contribution < -0.4 is 10.2 Å². The molecule has 0 aromatic heterocycles. The molecule has 2 aromatic rings. The van der Waals surface area contributed by atoms with Crippen molar-refractivity contribution in [3.8, 4) is 0 Å². The number of benzene rings is 2. The summed E-state index contributed by atoms with van der Waals surface area (Å²) in [6, 6.07) is 14.5. The third kappa shape index (κ3) is 2.53. The number of likely N-dealkylation sites (N-methyl/N-ethyl adjacent to an activating group) is 1. The maximum Gasteiger partial charge on any atom is 0.257 e. The van der Waals surface area contributed by atoms with Gasteiger partial charge in [0.05, 0.1) is 22.7 Å². The van der Waals surface area contributed by atoms with E-state index in [4.69, 9.17) is 11.6 Å². The molecule has 5 heteroatoms. The molecule has 0 saturated carbocycles. The molecule has 3 rings (SSSR count). The van der Waals surface area contributed by atoms with Crippen molar-refractivity contribution in [3.05, 3.63) is 64.7 Å². The fourth-order valence-electron chi connectivity index (χ4n) is 2.52. The standard InChI is InChI=1S/C17H15ClN2O2/c1-20-10-12(17(22)19-11-6-3-2-4-7-11)16(21)15-13(18)8-5-9-14(15)20/h2-9,21H,10H2,1H3,(H,19,22). The van der Waals surface area contributed by atoms with Crippen LogP contribution in [0.15, 0.2) is 54.1 Å². The molecule has 1 heterocycles. The second kappa shape index (κ2) is 5.73. The first-order chi connectivity index (χ1) is 10.6. The van der Waals surface area contributed by atoms with E-state index in [2.05, 4.69) is 5.32 Å². The molecule has 0 spiro atoms. The predicted molar refractivity (Wildman–Crippen MR) is 89.3 cm³/mol. The lowest BCUT2D eigenvalue weighted by atomic mass is 10.00. The van der Waals surface area contributed by atoms with Gasteiger partial charge in [-0.05, 0) is 24.3 Å². The Morgan fingerprint density at radius 1 is 1.18 bits per heavy atom. The van der Waals surface area contributed by atoms with E-state index in [1.165, 1.54) is 0 Å². The van der Waals surface area contributed by atoms with Crippen LogP contribution in [-0.2, 0) is 4.79 Å². The molecule has 0 saturated heterocycles. The van der Waals surface area contributed by atoms with Gasteiger partial charge in [0.25, 0.3) is 5.91 Å². The second-order valence-corrected chi connectivity index (χ2v) is 5.54. The number of carbonyl (C=O) groups excluding carboxylic acids is 1. The molecule has 1 amide bonds. The Labute approximate surface area is 133 Å². The van der Waals surface area contributed by atoms with Gasteiger partial charge in [0.15, 0.2) is 0 Å². The average Bonchev–Trinajstić information content (AvgIpc) is 2.51. The number of anilines is 2. The van der Waals surface area contributed by atoms with Gasteiger partial charge in [0, 0.05) is 18.4 Å². The number of fused-ring (bicyclic) bond motifs is 1. The van der Waals surface area contributed by atoms with Crippen LogP contribution in [0.1, 0.15) is 5.56 Å². The van der Waals surface area contributed by atoms with Crippen molar-refractivity contribution in [2.45, 2.75) is 0 Å². The summed E-state index contributed by atoms with van der Waals surface area (Å²) in [5, 5.41) is 13.7. The van der Waals surface area contributed by atoms with Crippen molar-refractivity contribution in [3.63, 3.8) is 0 Å². The minimum atomic E-state index is -0.332. The first kappa shape index (κ1) is 14.5. The normalized spacial score (nSPS) is 13.8. The van der Waals surface area contributed by atoms with Gasteiger partial charge in [0.2, 0.25) is 0 Å². The molecule has 2 N–H and O–H groups in total. The third-order valence-electron chi connectivity index (χ3n) is 3.63. The van der Waals surface area contributed by atoms with E-state index in [0.717, 1.165) is 5.69 Å². The number of carbonyl (C=O) groups is 1. The van der Waals surface area contributed by atoms with Crippen molar-refractivity contribution in [1.82, 2.24) is 0 Å². The Hall–Kier alpha value is -2.46. The highest BCUT2D eigenvalue weighted by molar-refractivity contribution is 6.33. The summed E-state index contributed by atoms with van der Waals surface area (Å²) in [6.45, 7) is 0.317. The summed E-state index contributed by atoms with van der Waals surface area (Å²) in [4.78, 5) is 14.3. The number of rotatable bonds is 2. The topological polar surface area (TPSA) is 52.6 Å². The van der Waals surface area contributed by atoms with E-state index in [-0.39, 0.29) is 11.7 Å². The highest BCUT2D eigenvalue weighted by atomic mass is 35.5. The van der Waals surface area contributed by atoms with Crippen molar-refractivity contribution < 1.29 is 9.90 Å². The van der Waals surface area contributed by atoms with Crippen LogP contribution >= 0.6 is 11.6 Å². The number of hydrogen-bond donors (Lipinski definition) is 2. The van der Waals surface area contributed by atoms with E-state index in [0.29, 0.717) is 28.4 Å². The zero-order valence-electron chi connectivity index (χ0n) is 12.0. The van der Waals surface area contributed by atoms with Crippen LogP contribution in [0.4, 0.5) is 11.4 Å². The van der Waals surface area contributed by atoms with Crippen LogP contribution in [0.2, 0.25) is 5.02 Å². The highest BCUT2D eigenvalue weighted by Gasteiger charge is 2.28. The molecule has 2 aromatic carbocycles. The molecule has 0 aliphatic carbocycles. The van der Waals surface area contributed by atoms with Gasteiger partial charge in [0.1, 0.15) is 5.76 Å². The van der Waals surface area contributed by atoms with Gasteiger partial charge >= 0.3 is 0 Å². The van der Waals surface area contributed by atoms with Crippen molar-refractivity contribution in [2.24, 2.45) is 0 Å². The Morgan fingerprint density at radius 3 is 2.64 bits per heavy atom. The Morgan fingerprint density at radius 2 is 1.91 bits per heavy atom. The average molecular weight is 315 g/mol. The van der Waals surface area contributed by atoms with Crippen LogP contribution in [0.5, 0.6) is 0 Å². The summed E-state index contributed by atoms with van der Waals surface area (Å²) < 4.78 is 0. The number of para-hydroxylation sites is 1. The van der Waals surface area contributed by atoms with Crippen LogP contribution in [0.3, 0.4) is 0 Å². The maximum absolute atomic E-state index is 12.4. The molecule has 4 nitrogen and oxygen atoms in total. The minimum absolute atomic E-state index is 0.0628. The summed E-state index contributed by atoms with van der Waals surface area (Å²) in [7, 11) is 1.86. The molecule has 0 atom stereocenters. The van der Waals surface area contributed by atoms with Gasteiger partial charge in [-0.1, -0.05) is 35.9 Å². The number of nitrogens with zero attached hydrogens (tertiary/aromatic N) is 1. The number of aliphatic hydroxyl groups is 1. The zero-order valence-corrected chi connectivity index (χ0v) is 12.8. The fourth-order valence-corrected chi connectivity index (χ4v) is 2.78. The number of amides is 1. The van der Waals surface area contributed by atoms with Crippen LogP contribution in [0.25, 0.3) is 5.76 Å². The SMILES string of the molecule is CN1CC(C(=O)Nc2ccccc2)=C(O)c2c(Cl)cccc21. The Balaban J connectivity index is 1.98. The molecule has 0 unspecified atom stereocenters. The summed E-state index contributed by atoms with van der Waals surface area (Å²) in [6.07, 6.45) is 0. The van der Waals surface area contributed by atoms with Crippen molar-refractivity contribution in [1.29, 1.82) is 0 Å². The van der Waals surface area contributed by atoms with Gasteiger partial charge in [-0.2, -0.15) is 0 Å². The van der Waals surface area contributed by atoms with Crippen LogP contribution in [0, 0.1) is 0 Å². The number of nitrogens with one attached hydrogen (secondary N) is 1. The largest absolute Gasteiger partial charge is 0.507 e. The summed E-state index contributed by atoms with van der Waals surface area (Å²) in [5.41, 5.74) is 2.28. The molecule has 0 radical (unpaired) electrons. The van der Waals surface area contributed by atoms with Gasteiger partial charge in [-0.25, -0.2) is 0 Å². The molecular weight excluding hydrogens is 300 g/mol. The summed E-state index contributed by atoms with van der Waals surface area (Å²) >= 11 is 6.18. The number of hydrogen-bond acceptors (Lipinski definition) is 3. The molecule has 0 fully saturated rings. The van der Waals surface area contributed by atoms with Crippen molar-refractivity contribution in [2.75, 3.05) is 23.8 Å². The lowest BCUT2D eigenvalue weighted by Gasteiger charge is -2.29. The van der Waals surface area contributed by atoms with E-state index >= 15 is 0 Å². The Bertz CT molecular complexity index is 757. The van der Waals surface area contributed by atoms with E-state index in [1.807, 2.05) is 42.3 Å². The van der Waals surface area contributed by atoms with Gasteiger partial charge < -0.3 is 15.3 Å². The monoisotopic (exact) mass is 314 g/mol. The van der Waals surface area contributed by atoms with Gasteiger partial charge in [-0.3, -0.25) is 4.79 Å². The first-order valence-corrected chi connectivity index (χ1v) is 7.24. The quantitative estimate of drug-likeness (QED) is 0.888. The summed E-state index contributed by atoms with van der Waals surface area (Å²) in [5.74, 6) is -0.395. The first-order valence-electron chi connectivity index (χ1n) is 6.86. The highest BCUT2D eigenvalue weighted by Crippen LogP contribution is 2.37. The lowest BCUT2D eigenvalue weighted by molar-refractivity contribution is -0.112. The maximum atomic E-state index is 12.4. The molecule has 1 aliphatic heterocycles. The lowest BCUT2D eigenvalue weighted by Crippen LogP contribution is -2.31. The molecule has 0 bridgehead atoms. The number of aliphatic hydroxyl groups excluding tert-OH is 1. The fraction of sp³-hybridized carbons (Fsp3) is 0.118. The zero-order chi connectivity index (χ0) is 15.7. The molecule has 22 heavy (non-hydrogen) atoms. The van der Waals surface area contributed by atoms with Crippen molar-refractivity contribution >= 4 is 34.6 Å². The molecular formula is C17H15ClN2O2. The third-order valence-corrected chi connectivity index (χ3v) is 3.94. The van der Waals surface area contributed by atoms with Gasteiger partial charge in [-0.15, -0.1) is 0 Å². The predicted octanol–water partition coefficient (Wildman–Crippen LogP) is 3.70. The van der Waals surface area contributed by atoms with E-state index < -0.39 is 0 Å². The smallest absolute Gasteiger partial charge is 0.257 e. The molecule has 112 valence electrons. The van der Waals surface area contributed by atoms with Crippen LogP contribution in [-0.4, -0.2) is 24.6 Å². The molecule has 1 aliphatic rings. The Kier molecular flexibility index (Phi) is 3.77. The minimum Gasteiger partial charge on any atom is -0.507 e.